The number of nitriles is 3. The van der Waals surface area contributed by atoms with E-state index < -0.39 is 0 Å². The summed E-state index contributed by atoms with van der Waals surface area (Å²) < 4.78 is 0. The highest BCUT2D eigenvalue weighted by molar-refractivity contribution is 5.86. The van der Waals surface area contributed by atoms with E-state index in [1.165, 1.54) is 0 Å². The first-order chi connectivity index (χ1) is 7.62. The van der Waals surface area contributed by atoms with Crippen molar-refractivity contribution in [2.45, 2.75) is 13.8 Å². The number of rotatable bonds is 1. The van der Waals surface area contributed by atoms with Crippen molar-refractivity contribution in [1.82, 2.24) is 0 Å². The fourth-order valence-corrected chi connectivity index (χ4v) is 1.63. The van der Waals surface area contributed by atoms with Crippen molar-refractivity contribution in [3.05, 3.63) is 33.4 Å². The smallest absolute Gasteiger partial charge is 0.152 e. The summed E-state index contributed by atoms with van der Waals surface area (Å²) in [5.41, 5.74) is 1.47. The van der Waals surface area contributed by atoms with Crippen molar-refractivity contribution in [2.75, 3.05) is 0 Å². The zero-order chi connectivity index (χ0) is 12.3. The molecule has 0 saturated heterocycles. The maximum Gasteiger partial charge on any atom is 0.152 e. The molecule has 16 heavy (non-hydrogen) atoms. The Hall–Kier alpha value is -2.64. The zero-order valence-corrected chi connectivity index (χ0v) is 8.83. The van der Waals surface area contributed by atoms with Crippen molar-refractivity contribution in [1.29, 1.82) is 15.8 Å². The Labute approximate surface area is 93.0 Å². The lowest BCUT2D eigenvalue weighted by molar-refractivity contribution is 0.112. The highest BCUT2D eigenvalue weighted by Gasteiger charge is 2.18. The Morgan fingerprint density at radius 2 is 1.25 bits per heavy atom. The van der Waals surface area contributed by atoms with E-state index in [-0.39, 0.29) is 16.7 Å². The maximum atomic E-state index is 10.9. The Morgan fingerprint density at radius 1 is 0.875 bits per heavy atom. The average molecular weight is 209 g/mol. The minimum atomic E-state index is 0.0685. The molecule has 4 nitrogen and oxygen atoms in total. The molecule has 0 aliphatic carbocycles. The molecule has 0 bridgehead atoms. The molecule has 1 aromatic carbocycles. The summed E-state index contributed by atoms with van der Waals surface area (Å²) >= 11 is 0. The molecular weight excluding hydrogens is 202 g/mol. The number of hydrogen-bond donors (Lipinski definition) is 0. The first-order valence-corrected chi connectivity index (χ1v) is 4.45. The van der Waals surface area contributed by atoms with Gasteiger partial charge < -0.3 is 0 Å². The lowest BCUT2D eigenvalue weighted by Crippen LogP contribution is -2.03. The van der Waals surface area contributed by atoms with Gasteiger partial charge >= 0.3 is 0 Å². The molecule has 0 amide bonds. The molecular formula is C12H7N3O. The normalized spacial score (nSPS) is 8.69. The van der Waals surface area contributed by atoms with Gasteiger partial charge in [0, 0.05) is 0 Å². The van der Waals surface area contributed by atoms with Crippen molar-refractivity contribution in [2.24, 2.45) is 0 Å². The van der Waals surface area contributed by atoms with Gasteiger partial charge in [0.25, 0.3) is 0 Å². The molecule has 0 radical (unpaired) electrons. The standard InChI is InChI=1S/C12H7N3O/c1-7-9(3-13)8(2)11(5-15)12(6-16)10(7)4-14/h6H,1-2H3. The molecule has 0 atom stereocenters. The monoisotopic (exact) mass is 209 g/mol. The van der Waals surface area contributed by atoms with E-state index in [0.717, 1.165) is 0 Å². The summed E-state index contributed by atoms with van der Waals surface area (Å²) in [6.07, 6.45) is 0.484. The van der Waals surface area contributed by atoms with Crippen LogP contribution < -0.4 is 0 Å². The van der Waals surface area contributed by atoms with Crippen LogP contribution in [0.2, 0.25) is 0 Å². The van der Waals surface area contributed by atoms with Crippen LogP contribution in [0.1, 0.15) is 38.2 Å². The molecule has 1 aromatic rings. The van der Waals surface area contributed by atoms with Crippen molar-refractivity contribution in [3.8, 4) is 18.2 Å². The second kappa shape index (κ2) is 4.26. The van der Waals surface area contributed by atoms with Gasteiger partial charge in [-0.1, -0.05) is 0 Å². The minimum Gasteiger partial charge on any atom is -0.298 e. The average Bonchev–Trinajstić information content (AvgIpc) is 2.29. The van der Waals surface area contributed by atoms with Gasteiger partial charge in [0.2, 0.25) is 0 Å². The van der Waals surface area contributed by atoms with Crippen LogP contribution in [0.15, 0.2) is 0 Å². The third-order valence-electron chi connectivity index (χ3n) is 2.49. The van der Waals surface area contributed by atoms with Gasteiger partial charge in [-0.25, -0.2) is 0 Å². The Morgan fingerprint density at radius 3 is 1.50 bits per heavy atom. The van der Waals surface area contributed by atoms with Crippen LogP contribution in [-0.4, -0.2) is 6.29 Å². The number of benzene rings is 1. The Bertz CT molecular complexity index is 554. The third kappa shape index (κ3) is 1.41. The van der Waals surface area contributed by atoms with Gasteiger partial charge in [0.15, 0.2) is 6.29 Å². The van der Waals surface area contributed by atoms with Crippen LogP contribution in [0.25, 0.3) is 0 Å². The molecule has 0 fully saturated rings. The van der Waals surface area contributed by atoms with Crippen LogP contribution in [0, 0.1) is 47.8 Å². The van der Waals surface area contributed by atoms with E-state index in [1.54, 1.807) is 13.8 Å². The van der Waals surface area contributed by atoms with E-state index >= 15 is 0 Å². The molecule has 0 heterocycles. The fourth-order valence-electron chi connectivity index (χ4n) is 1.63. The fraction of sp³-hybridized carbons (Fsp3) is 0.167. The lowest BCUT2D eigenvalue weighted by atomic mass is 9.89. The summed E-state index contributed by atoms with van der Waals surface area (Å²) in [4.78, 5) is 10.9. The predicted molar refractivity (Wildman–Crippen MR) is 55.4 cm³/mol. The SMILES string of the molecule is Cc1c(C#N)c(C)c(C#N)c(C=O)c1C#N. The topological polar surface area (TPSA) is 88.4 Å². The van der Waals surface area contributed by atoms with Gasteiger partial charge in [-0.3, -0.25) is 4.79 Å². The molecule has 0 N–H and O–H groups in total. The lowest BCUT2D eigenvalue weighted by Gasteiger charge is -2.09. The van der Waals surface area contributed by atoms with E-state index in [0.29, 0.717) is 23.0 Å². The molecule has 0 aliphatic heterocycles. The van der Waals surface area contributed by atoms with E-state index in [2.05, 4.69) is 0 Å². The summed E-state index contributed by atoms with van der Waals surface area (Å²) in [5.74, 6) is 0. The number of nitrogens with zero attached hydrogens (tertiary/aromatic N) is 3. The molecule has 0 saturated carbocycles. The van der Waals surface area contributed by atoms with E-state index in [4.69, 9.17) is 15.8 Å². The van der Waals surface area contributed by atoms with Crippen LogP contribution in [-0.2, 0) is 0 Å². The summed E-state index contributed by atoms with van der Waals surface area (Å²) in [6.45, 7) is 3.19. The van der Waals surface area contributed by atoms with E-state index in [9.17, 15) is 4.79 Å². The second-order valence-electron chi connectivity index (χ2n) is 3.24. The number of aldehydes is 1. The quantitative estimate of drug-likeness (QED) is 0.659. The van der Waals surface area contributed by atoms with Gasteiger partial charge in [0.05, 0.1) is 28.3 Å². The summed E-state index contributed by atoms with van der Waals surface area (Å²) in [5, 5.41) is 26.8. The first-order valence-electron chi connectivity index (χ1n) is 4.45. The van der Waals surface area contributed by atoms with Crippen LogP contribution >= 0.6 is 0 Å². The third-order valence-corrected chi connectivity index (χ3v) is 2.49. The first kappa shape index (κ1) is 11.4. The molecule has 0 aromatic heterocycles. The Kier molecular flexibility index (Phi) is 3.04. The minimum absolute atomic E-state index is 0.0685. The highest BCUT2D eigenvalue weighted by Crippen LogP contribution is 2.25. The van der Waals surface area contributed by atoms with Gasteiger partial charge in [-0.2, -0.15) is 15.8 Å². The van der Waals surface area contributed by atoms with Gasteiger partial charge in [-0.05, 0) is 25.0 Å². The molecule has 0 unspecified atom stereocenters. The van der Waals surface area contributed by atoms with Crippen LogP contribution in [0.4, 0.5) is 0 Å². The van der Waals surface area contributed by atoms with Crippen LogP contribution in [0.3, 0.4) is 0 Å². The molecule has 4 heteroatoms. The van der Waals surface area contributed by atoms with E-state index in [1.807, 2.05) is 18.2 Å². The summed E-state index contributed by atoms with van der Waals surface area (Å²) in [7, 11) is 0. The number of carbonyl (C=O) groups is 1. The highest BCUT2D eigenvalue weighted by atomic mass is 16.1. The molecule has 76 valence electrons. The van der Waals surface area contributed by atoms with Gasteiger partial charge in [-0.15, -0.1) is 0 Å². The molecule has 0 aliphatic rings. The van der Waals surface area contributed by atoms with Crippen molar-refractivity contribution in [3.63, 3.8) is 0 Å². The van der Waals surface area contributed by atoms with Gasteiger partial charge in [0.1, 0.15) is 12.1 Å². The predicted octanol–water partition coefficient (Wildman–Crippen LogP) is 1.73. The number of hydrogen-bond acceptors (Lipinski definition) is 4. The molecule has 0 spiro atoms. The van der Waals surface area contributed by atoms with Crippen LogP contribution in [0.5, 0.6) is 0 Å². The zero-order valence-electron chi connectivity index (χ0n) is 8.83. The summed E-state index contributed by atoms with van der Waals surface area (Å²) in [6, 6.07) is 5.66. The maximum absolute atomic E-state index is 10.9. The van der Waals surface area contributed by atoms with Crippen molar-refractivity contribution < 1.29 is 4.79 Å². The largest absolute Gasteiger partial charge is 0.298 e. The number of carbonyl (C=O) groups excluding carboxylic acids is 1. The second-order valence-corrected chi connectivity index (χ2v) is 3.24. The van der Waals surface area contributed by atoms with Crippen molar-refractivity contribution >= 4 is 6.29 Å². The Balaban J connectivity index is 3.96. The molecule has 1 rings (SSSR count).